The van der Waals surface area contributed by atoms with E-state index in [9.17, 15) is 10.1 Å². The molecule has 0 spiro atoms. The van der Waals surface area contributed by atoms with Gasteiger partial charge in [-0.05, 0) is 32.0 Å². The summed E-state index contributed by atoms with van der Waals surface area (Å²) in [4.78, 5) is 26.0. The minimum absolute atomic E-state index is 0.0613. The van der Waals surface area contributed by atoms with Crippen molar-refractivity contribution in [3.8, 4) is 6.07 Å². The van der Waals surface area contributed by atoms with E-state index >= 15 is 0 Å². The Morgan fingerprint density at radius 2 is 2.12 bits per heavy atom. The van der Waals surface area contributed by atoms with E-state index in [1.807, 2.05) is 39.1 Å². The summed E-state index contributed by atoms with van der Waals surface area (Å²) in [6.07, 6.45) is 1.26. The largest absolute Gasteiger partial charge is 0.382 e. The van der Waals surface area contributed by atoms with Crippen LogP contribution in [-0.2, 0) is 13.6 Å². The first-order valence-corrected chi connectivity index (χ1v) is 10.8. The van der Waals surface area contributed by atoms with Crippen LogP contribution in [0.2, 0.25) is 5.02 Å². The standard InChI is InChI=1S/C23H22ClN9O/c1-12-7-15(33(3)32-12)10-27-23(34)16-8-14-5-4-6-18(24)20(14)31-19(16)13(2)30-22-17(9-25)21(26)28-11-29-22/h4-8,11,13H,10H2,1-3H3,(H,27,34)(H3,26,28,29,30)/t13-/m0/s1. The maximum absolute atomic E-state index is 13.3. The van der Waals surface area contributed by atoms with E-state index in [1.165, 1.54) is 6.33 Å². The minimum atomic E-state index is -0.512. The molecule has 0 aliphatic carbocycles. The van der Waals surface area contributed by atoms with Gasteiger partial charge in [-0.3, -0.25) is 9.48 Å². The molecule has 1 aromatic carbocycles. The number of hydrogen-bond donors (Lipinski definition) is 3. The molecule has 10 nitrogen and oxygen atoms in total. The summed E-state index contributed by atoms with van der Waals surface area (Å²) in [5.74, 6) is 0.00557. The van der Waals surface area contributed by atoms with Gasteiger partial charge in [0.1, 0.15) is 29.6 Å². The summed E-state index contributed by atoms with van der Waals surface area (Å²) in [7, 11) is 1.83. The number of rotatable bonds is 6. The second-order valence-electron chi connectivity index (χ2n) is 7.78. The first kappa shape index (κ1) is 22.9. The van der Waals surface area contributed by atoms with E-state index in [-0.39, 0.29) is 23.1 Å². The number of aryl methyl sites for hydroxylation is 2. The Hall–Kier alpha value is -4.23. The molecule has 172 valence electrons. The van der Waals surface area contributed by atoms with Crippen LogP contribution in [0.1, 0.15) is 46.0 Å². The predicted octanol–water partition coefficient (Wildman–Crippen LogP) is 3.28. The number of benzene rings is 1. The number of pyridine rings is 1. The number of hydrogen-bond acceptors (Lipinski definition) is 8. The van der Waals surface area contributed by atoms with Crippen molar-refractivity contribution in [1.29, 1.82) is 5.26 Å². The molecule has 0 unspecified atom stereocenters. The molecule has 0 saturated heterocycles. The van der Waals surface area contributed by atoms with Gasteiger partial charge in [0.2, 0.25) is 0 Å². The highest BCUT2D eigenvalue weighted by atomic mass is 35.5. The number of anilines is 2. The molecule has 0 saturated carbocycles. The molecule has 1 atom stereocenters. The molecule has 0 aliphatic heterocycles. The second-order valence-corrected chi connectivity index (χ2v) is 8.18. The van der Waals surface area contributed by atoms with Crippen LogP contribution in [-0.4, -0.2) is 30.6 Å². The van der Waals surface area contributed by atoms with E-state index in [0.717, 1.165) is 16.8 Å². The van der Waals surface area contributed by atoms with Crippen LogP contribution in [0.5, 0.6) is 0 Å². The van der Waals surface area contributed by atoms with Gasteiger partial charge in [-0.25, -0.2) is 15.0 Å². The number of amides is 1. The molecule has 4 N–H and O–H groups in total. The van der Waals surface area contributed by atoms with Gasteiger partial charge in [-0.15, -0.1) is 0 Å². The molecule has 4 aromatic rings. The van der Waals surface area contributed by atoms with Gasteiger partial charge in [0, 0.05) is 12.4 Å². The van der Waals surface area contributed by atoms with Crippen molar-refractivity contribution in [3.05, 3.63) is 69.9 Å². The van der Waals surface area contributed by atoms with Crippen LogP contribution in [0.25, 0.3) is 10.9 Å². The number of nitrogens with one attached hydrogen (secondary N) is 2. The van der Waals surface area contributed by atoms with Crippen LogP contribution in [0, 0.1) is 18.3 Å². The van der Waals surface area contributed by atoms with Crippen molar-refractivity contribution in [2.45, 2.75) is 26.4 Å². The molecular formula is C23H22ClN9O. The zero-order valence-corrected chi connectivity index (χ0v) is 19.6. The molecule has 3 aromatic heterocycles. The van der Waals surface area contributed by atoms with Crippen LogP contribution < -0.4 is 16.4 Å². The van der Waals surface area contributed by atoms with Gasteiger partial charge < -0.3 is 16.4 Å². The van der Waals surface area contributed by atoms with Crippen molar-refractivity contribution in [2.24, 2.45) is 7.05 Å². The Kier molecular flexibility index (Phi) is 6.30. The third-order valence-corrected chi connectivity index (χ3v) is 5.66. The highest BCUT2D eigenvalue weighted by Crippen LogP contribution is 2.29. The normalized spacial score (nSPS) is 11.7. The molecule has 11 heteroatoms. The first-order valence-electron chi connectivity index (χ1n) is 10.4. The molecule has 0 bridgehead atoms. The van der Waals surface area contributed by atoms with Crippen molar-refractivity contribution < 1.29 is 4.79 Å². The molecule has 0 aliphatic rings. The van der Waals surface area contributed by atoms with Gasteiger partial charge in [-0.1, -0.05) is 23.7 Å². The van der Waals surface area contributed by atoms with Gasteiger partial charge >= 0.3 is 0 Å². The lowest BCUT2D eigenvalue weighted by Crippen LogP contribution is -2.27. The van der Waals surface area contributed by atoms with Crippen LogP contribution in [0.4, 0.5) is 11.6 Å². The van der Waals surface area contributed by atoms with Crippen LogP contribution in [0.3, 0.4) is 0 Å². The number of nitriles is 1. The van der Waals surface area contributed by atoms with Gasteiger partial charge in [0.25, 0.3) is 5.91 Å². The van der Waals surface area contributed by atoms with E-state index in [0.29, 0.717) is 28.3 Å². The van der Waals surface area contributed by atoms with Crippen molar-refractivity contribution in [2.75, 3.05) is 11.1 Å². The number of nitrogen functional groups attached to an aromatic ring is 1. The molecule has 34 heavy (non-hydrogen) atoms. The Labute approximate surface area is 200 Å². The SMILES string of the molecule is Cc1cc(CNC(=O)c2cc3cccc(Cl)c3nc2[C@H](C)Nc2ncnc(N)c2C#N)n(C)n1. The first-order chi connectivity index (χ1) is 16.3. The number of nitrogens with zero attached hydrogens (tertiary/aromatic N) is 6. The van der Waals surface area contributed by atoms with E-state index in [1.54, 1.807) is 22.9 Å². The van der Waals surface area contributed by atoms with Crippen molar-refractivity contribution >= 4 is 40.0 Å². The average Bonchev–Trinajstić information content (AvgIpc) is 3.13. The average molecular weight is 476 g/mol. The Balaban J connectivity index is 1.72. The highest BCUT2D eigenvalue weighted by molar-refractivity contribution is 6.35. The lowest BCUT2D eigenvalue weighted by Gasteiger charge is -2.19. The summed E-state index contributed by atoms with van der Waals surface area (Å²) >= 11 is 6.38. The number of carbonyl (C=O) groups is 1. The number of halogens is 1. The summed E-state index contributed by atoms with van der Waals surface area (Å²) in [6.45, 7) is 4.00. The third kappa shape index (κ3) is 4.46. The molecule has 0 fully saturated rings. The zero-order valence-electron chi connectivity index (χ0n) is 18.8. The summed E-state index contributed by atoms with van der Waals surface area (Å²) in [6, 6.07) is 10.5. The second kappa shape index (κ2) is 9.33. The fourth-order valence-electron chi connectivity index (χ4n) is 3.68. The number of para-hydroxylation sites is 1. The highest BCUT2D eigenvalue weighted by Gasteiger charge is 2.22. The summed E-state index contributed by atoms with van der Waals surface area (Å²) in [5, 5.41) is 21.0. The third-order valence-electron chi connectivity index (χ3n) is 5.35. The summed E-state index contributed by atoms with van der Waals surface area (Å²) in [5.41, 5.74) is 9.04. The van der Waals surface area contributed by atoms with Crippen molar-refractivity contribution in [1.82, 2.24) is 30.0 Å². The monoisotopic (exact) mass is 475 g/mol. The molecule has 3 heterocycles. The fourth-order valence-corrected chi connectivity index (χ4v) is 3.90. The number of nitrogens with two attached hydrogens (primary N) is 1. The zero-order chi connectivity index (χ0) is 24.4. The molecule has 0 radical (unpaired) electrons. The van der Waals surface area contributed by atoms with Gasteiger partial charge in [0.15, 0.2) is 0 Å². The van der Waals surface area contributed by atoms with E-state index in [4.69, 9.17) is 22.3 Å². The van der Waals surface area contributed by atoms with Crippen molar-refractivity contribution in [3.63, 3.8) is 0 Å². The summed E-state index contributed by atoms with van der Waals surface area (Å²) < 4.78 is 1.72. The smallest absolute Gasteiger partial charge is 0.253 e. The predicted molar refractivity (Wildman–Crippen MR) is 129 cm³/mol. The number of carbonyl (C=O) groups excluding carboxylic acids is 1. The van der Waals surface area contributed by atoms with Gasteiger partial charge in [0.05, 0.1) is 45.8 Å². The lowest BCUT2D eigenvalue weighted by atomic mass is 10.0. The van der Waals surface area contributed by atoms with Crippen LogP contribution in [0.15, 0.2) is 36.7 Å². The number of fused-ring (bicyclic) bond motifs is 1. The van der Waals surface area contributed by atoms with E-state index < -0.39 is 6.04 Å². The fraction of sp³-hybridized carbons (Fsp3) is 0.217. The lowest BCUT2D eigenvalue weighted by molar-refractivity contribution is 0.0948. The number of aromatic nitrogens is 5. The molecule has 1 amide bonds. The molecule has 4 rings (SSSR count). The van der Waals surface area contributed by atoms with Gasteiger partial charge in [-0.2, -0.15) is 10.4 Å². The molecular weight excluding hydrogens is 454 g/mol. The Morgan fingerprint density at radius 1 is 1.32 bits per heavy atom. The quantitative estimate of drug-likeness (QED) is 0.384. The minimum Gasteiger partial charge on any atom is -0.382 e. The maximum Gasteiger partial charge on any atom is 0.253 e. The Bertz CT molecular complexity index is 1440. The topological polar surface area (TPSA) is 147 Å². The maximum atomic E-state index is 13.3. The van der Waals surface area contributed by atoms with E-state index in [2.05, 4.69) is 25.7 Å². The van der Waals surface area contributed by atoms with Crippen LogP contribution >= 0.6 is 11.6 Å². The Morgan fingerprint density at radius 3 is 2.82 bits per heavy atom.